The Hall–Kier alpha value is -1.08. The number of benzene rings is 1. The van der Waals surface area contributed by atoms with Gasteiger partial charge in [-0.15, -0.1) is 6.58 Å². The molecule has 1 atom stereocenters. The van der Waals surface area contributed by atoms with Gasteiger partial charge in [-0.1, -0.05) is 42.3 Å². The molecule has 0 spiro atoms. The van der Waals surface area contributed by atoms with Crippen molar-refractivity contribution in [2.75, 3.05) is 6.54 Å². The van der Waals surface area contributed by atoms with Crippen molar-refractivity contribution < 1.29 is 0 Å². The smallest absolute Gasteiger partial charge is 0.0144 e. The summed E-state index contributed by atoms with van der Waals surface area (Å²) in [6, 6.07) is 9.32. The van der Waals surface area contributed by atoms with Crippen molar-refractivity contribution in [2.45, 2.75) is 39.7 Å². The maximum absolute atomic E-state index is 3.99. The minimum Gasteiger partial charge on any atom is -0.314 e. The standard InChI is InChI=1S/C15H23N/c1-5-16-15(10-12(2)3)11-14-8-6-13(4)7-9-14/h6-9,15-16H,2,5,10-11H2,1,3-4H3. The minimum absolute atomic E-state index is 0.519. The Balaban J connectivity index is 2.59. The first kappa shape index (κ1) is 13.0. The van der Waals surface area contributed by atoms with E-state index >= 15 is 0 Å². The van der Waals surface area contributed by atoms with Gasteiger partial charge in [0.25, 0.3) is 0 Å². The molecule has 0 aliphatic rings. The van der Waals surface area contributed by atoms with Crippen LogP contribution in [0.25, 0.3) is 0 Å². The molecule has 0 aliphatic carbocycles. The zero-order valence-electron chi connectivity index (χ0n) is 10.7. The van der Waals surface area contributed by atoms with Gasteiger partial charge in [-0.25, -0.2) is 0 Å². The van der Waals surface area contributed by atoms with Gasteiger partial charge in [-0.05, 0) is 38.8 Å². The van der Waals surface area contributed by atoms with E-state index in [4.69, 9.17) is 0 Å². The Morgan fingerprint density at radius 2 is 1.94 bits per heavy atom. The highest BCUT2D eigenvalue weighted by Gasteiger charge is 2.08. The number of aryl methyl sites for hydroxylation is 1. The molecule has 0 bridgehead atoms. The number of hydrogen-bond donors (Lipinski definition) is 1. The molecule has 0 fully saturated rings. The summed E-state index contributed by atoms with van der Waals surface area (Å²) in [6.45, 7) is 11.4. The van der Waals surface area contributed by atoms with Gasteiger partial charge < -0.3 is 5.32 Å². The average molecular weight is 217 g/mol. The van der Waals surface area contributed by atoms with E-state index in [1.165, 1.54) is 16.7 Å². The van der Waals surface area contributed by atoms with E-state index in [0.717, 1.165) is 19.4 Å². The van der Waals surface area contributed by atoms with Crippen LogP contribution in [0.15, 0.2) is 36.4 Å². The summed E-state index contributed by atoms with van der Waals surface area (Å²) in [7, 11) is 0. The lowest BCUT2D eigenvalue weighted by atomic mass is 9.99. The average Bonchev–Trinajstić information content (AvgIpc) is 2.21. The second-order valence-corrected chi connectivity index (χ2v) is 4.61. The Labute approximate surface area is 99.6 Å². The number of nitrogens with one attached hydrogen (secondary N) is 1. The summed E-state index contributed by atoms with van der Waals surface area (Å²) in [6.07, 6.45) is 2.14. The summed E-state index contributed by atoms with van der Waals surface area (Å²) in [5.74, 6) is 0. The Kier molecular flexibility index (Phi) is 5.27. The molecule has 0 saturated heterocycles. The van der Waals surface area contributed by atoms with Crippen molar-refractivity contribution in [3.05, 3.63) is 47.5 Å². The lowest BCUT2D eigenvalue weighted by Gasteiger charge is -2.18. The fourth-order valence-corrected chi connectivity index (χ4v) is 1.93. The molecule has 1 unspecified atom stereocenters. The van der Waals surface area contributed by atoms with Crippen LogP contribution < -0.4 is 5.32 Å². The van der Waals surface area contributed by atoms with Gasteiger partial charge in [0, 0.05) is 6.04 Å². The molecule has 0 amide bonds. The SMILES string of the molecule is C=C(C)CC(Cc1ccc(C)cc1)NCC. The molecule has 0 radical (unpaired) electrons. The van der Waals surface area contributed by atoms with Gasteiger partial charge >= 0.3 is 0 Å². The molecule has 1 aromatic carbocycles. The first-order valence-electron chi connectivity index (χ1n) is 6.05. The highest BCUT2D eigenvalue weighted by Crippen LogP contribution is 2.10. The zero-order valence-corrected chi connectivity index (χ0v) is 10.7. The van der Waals surface area contributed by atoms with Crippen molar-refractivity contribution in [1.29, 1.82) is 0 Å². The van der Waals surface area contributed by atoms with Crippen molar-refractivity contribution in [2.24, 2.45) is 0 Å². The lowest BCUT2D eigenvalue weighted by Crippen LogP contribution is -2.31. The van der Waals surface area contributed by atoms with Crippen LogP contribution in [-0.2, 0) is 6.42 Å². The van der Waals surface area contributed by atoms with E-state index in [9.17, 15) is 0 Å². The zero-order chi connectivity index (χ0) is 12.0. The van der Waals surface area contributed by atoms with E-state index < -0.39 is 0 Å². The van der Waals surface area contributed by atoms with Crippen LogP contribution in [0, 0.1) is 6.92 Å². The van der Waals surface area contributed by atoms with E-state index in [0.29, 0.717) is 6.04 Å². The molecular weight excluding hydrogens is 194 g/mol. The Bertz CT molecular complexity index is 324. The third-order valence-electron chi connectivity index (χ3n) is 2.69. The number of likely N-dealkylation sites (N-methyl/N-ethyl adjacent to an activating group) is 1. The number of rotatable bonds is 6. The summed E-state index contributed by atoms with van der Waals surface area (Å²) in [4.78, 5) is 0. The highest BCUT2D eigenvalue weighted by molar-refractivity contribution is 5.22. The monoisotopic (exact) mass is 217 g/mol. The molecule has 1 nitrogen and oxygen atoms in total. The summed E-state index contributed by atoms with van der Waals surface area (Å²) in [5.41, 5.74) is 3.97. The van der Waals surface area contributed by atoms with Gasteiger partial charge in [0.15, 0.2) is 0 Å². The van der Waals surface area contributed by atoms with Crippen LogP contribution in [0.4, 0.5) is 0 Å². The van der Waals surface area contributed by atoms with E-state index in [1.54, 1.807) is 0 Å². The van der Waals surface area contributed by atoms with E-state index in [2.05, 4.69) is 56.9 Å². The molecule has 0 aliphatic heterocycles. The Morgan fingerprint density at radius 3 is 2.44 bits per heavy atom. The lowest BCUT2D eigenvalue weighted by molar-refractivity contribution is 0.520. The van der Waals surface area contributed by atoms with Gasteiger partial charge in [0.1, 0.15) is 0 Å². The highest BCUT2D eigenvalue weighted by atomic mass is 14.9. The second-order valence-electron chi connectivity index (χ2n) is 4.61. The van der Waals surface area contributed by atoms with Crippen molar-refractivity contribution in [3.8, 4) is 0 Å². The van der Waals surface area contributed by atoms with E-state index in [1.807, 2.05) is 0 Å². The first-order valence-corrected chi connectivity index (χ1v) is 6.05. The molecule has 0 aromatic heterocycles. The van der Waals surface area contributed by atoms with Gasteiger partial charge in [-0.3, -0.25) is 0 Å². The predicted molar refractivity (Wildman–Crippen MR) is 71.8 cm³/mol. The molecule has 88 valence electrons. The summed E-state index contributed by atoms with van der Waals surface area (Å²) >= 11 is 0. The third-order valence-corrected chi connectivity index (χ3v) is 2.69. The van der Waals surface area contributed by atoms with Crippen LogP contribution in [0.2, 0.25) is 0 Å². The van der Waals surface area contributed by atoms with Crippen molar-refractivity contribution >= 4 is 0 Å². The van der Waals surface area contributed by atoms with Crippen LogP contribution in [-0.4, -0.2) is 12.6 Å². The van der Waals surface area contributed by atoms with Crippen LogP contribution in [0.3, 0.4) is 0 Å². The second kappa shape index (κ2) is 6.49. The topological polar surface area (TPSA) is 12.0 Å². The Morgan fingerprint density at radius 1 is 1.31 bits per heavy atom. The maximum atomic E-state index is 3.99. The normalized spacial score (nSPS) is 12.4. The van der Waals surface area contributed by atoms with Crippen LogP contribution >= 0.6 is 0 Å². The van der Waals surface area contributed by atoms with E-state index in [-0.39, 0.29) is 0 Å². The quantitative estimate of drug-likeness (QED) is 0.719. The summed E-state index contributed by atoms with van der Waals surface area (Å²) in [5, 5.41) is 3.52. The molecule has 0 saturated carbocycles. The van der Waals surface area contributed by atoms with Crippen LogP contribution in [0.1, 0.15) is 31.4 Å². The molecule has 1 N–H and O–H groups in total. The summed E-state index contributed by atoms with van der Waals surface area (Å²) < 4.78 is 0. The largest absolute Gasteiger partial charge is 0.314 e. The van der Waals surface area contributed by atoms with Crippen molar-refractivity contribution in [1.82, 2.24) is 5.32 Å². The minimum atomic E-state index is 0.519. The molecular formula is C15H23N. The molecule has 1 heteroatoms. The third kappa shape index (κ3) is 4.63. The van der Waals surface area contributed by atoms with Crippen LogP contribution in [0.5, 0.6) is 0 Å². The molecule has 1 aromatic rings. The van der Waals surface area contributed by atoms with Gasteiger partial charge in [0.05, 0.1) is 0 Å². The molecule has 0 heterocycles. The van der Waals surface area contributed by atoms with Gasteiger partial charge in [-0.2, -0.15) is 0 Å². The first-order chi connectivity index (χ1) is 7.61. The van der Waals surface area contributed by atoms with Gasteiger partial charge in [0.2, 0.25) is 0 Å². The van der Waals surface area contributed by atoms with Crippen molar-refractivity contribution in [3.63, 3.8) is 0 Å². The molecule has 1 rings (SSSR count). The fourth-order valence-electron chi connectivity index (χ4n) is 1.93. The predicted octanol–water partition coefficient (Wildman–Crippen LogP) is 3.48. The number of hydrogen-bond acceptors (Lipinski definition) is 1. The molecule has 16 heavy (non-hydrogen) atoms. The fraction of sp³-hybridized carbons (Fsp3) is 0.467. The maximum Gasteiger partial charge on any atom is 0.0144 e.